The summed E-state index contributed by atoms with van der Waals surface area (Å²) >= 11 is 0. The first-order chi connectivity index (χ1) is 62.1. The lowest BCUT2D eigenvalue weighted by Gasteiger charge is -2.30. The molecule has 47 heteroatoms. The summed E-state index contributed by atoms with van der Waals surface area (Å²) in [6.07, 6.45) is -0.345. The zero-order valence-corrected chi connectivity index (χ0v) is 72.2. The number of carbonyl (C=O) groups is 20. The number of cyclic esters (lactones) is 1. The number of Topliss-reactive ketones (excluding diaryl/α,β-unsaturated/α-hetero) is 1. The third-order valence-corrected chi connectivity index (χ3v) is 20.8. The zero-order chi connectivity index (χ0) is 96.7. The summed E-state index contributed by atoms with van der Waals surface area (Å²) in [7, 11) is 0. The van der Waals surface area contributed by atoms with Crippen LogP contribution in [0.2, 0.25) is 0 Å². The number of unbranched alkanes of at least 4 members (excludes halogenated alkanes) is 8. The Balaban J connectivity index is 1.42. The van der Waals surface area contributed by atoms with Crippen LogP contribution in [0.4, 0.5) is 11.4 Å². The maximum Gasteiger partial charge on any atom is 0.329 e. The molecule has 47 nitrogen and oxygen atoms in total. The third kappa shape index (κ3) is 35.1. The summed E-state index contributed by atoms with van der Waals surface area (Å²) in [6.45, 7) is 1.20. The van der Waals surface area contributed by atoms with Crippen molar-refractivity contribution in [3.63, 3.8) is 0 Å². The lowest BCUT2D eigenvalue weighted by Crippen LogP contribution is -2.62. The molecule has 5 aromatic rings. The van der Waals surface area contributed by atoms with Crippen molar-refractivity contribution in [3.05, 3.63) is 112 Å². The number of para-hydroxylation sites is 2. The fraction of sp³-hybridized carbons (Fsp3) is 0.488. The first kappa shape index (κ1) is 105. The summed E-state index contributed by atoms with van der Waals surface area (Å²) in [5.74, 6) is -30.2. The zero-order valence-electron chi connectivity index (χ0n) is 72.2. The Bertz CT molecular complexity index is 5010. The van der Waals surface area contributed by atoms with Crippen molar-refractivity contribution in [3.8, 4) is 0 Å². The number of benzene rings is 3. The van der Waals surface area contributed by atoms with Gasteiger partial charge in [0, 0.05) is 71.7 Å². The second-order valence-corrected chi connectivity index (χ2v) is 31.3. The summed E-state index contributed by atoms with van der Waals surface area (Å²) < 4.78 is 5.75. The monoisotopic (exact) mass is 1830 g/mol. The first-order valence-electron chi connectivity index (χ1n) is 42.2. The smallest absolute Gasteiger partial charge is 0.329 e. The van der Waals surface area contributed by atoms with Crippen LogP contribution < -0.4 is 85.9 Å². The molecule has 0 aliphatic carbocycles. The number of aromatic nitrogens is 2. The number of nitro groups is 1. The van der Waals surface area contributed by atoms with Gasteiger partial charge in [-0.05, 0) is 81.5 Å². The minimum absolute atomic E-state index is 0.0160. The van der Waals surface area contributed by atoms with E-state index < -0.39 is 266 Å². The van der Waals surface area contributed by atoms with Gasteiger partial charge in [-0.1, -0.05) is 102 Å². The number of primary amides is 1. The Morgan fingerprint density at radius 1 is 0.580 bits per heavy atom. The van der Waals surface area contributed by atoms with E-state index in [2.05, 4.69) is 75.4 Å². The van der Waals surface area contributed by atoms with E-state index in [9.17, 15) is 122 Å². The molecule has 14 amide bonds. The Morgan fingerprint density at radius 3 is 1.78 bits per heavy atom. The predicted octanol–water partition coefficient (Wildman–Crippen LogP) is -2.55. The number of hydrogen-bond donors (Lipinski definition) is 22. The molecule has 1 aliphatic rings. The molecule has 0 radical (unpaired) electrons. The number of carbonyl (C=O) groups excluding carboxylic acids is 16. The number of nitro benzene ring substituents is 1. The van der Waals surface area contributed by atoms with Crippen molar-refractivity contribution in [2.24, 2.45) is 11.7 Å². The highest BCUT2D eigenvalue weighted by molar-refractivity contribution is 6.05. The molecule has 13 atom stereocenters. The molecule has 131 heavy (non-hydrogen) atoms. The number of fused-ring (bicyclic) bond motifs is 2. The van der Waals surface area contributed by atoms with Gasteiger partial charge in [-0.15, -0.1) is 0 Å². The van der Waals surface area contributed by atoms with Crippen LogP contribution >= 0.6 is 0 Å². The van der Waals surface area contributed by atoms with Gasteiger partial charge in [0.2, 0.25) is 82.7 Å². The quantitative estimate of drug-likeness (QED) is 0.00478. The van der Waals surface area contributed by atoms with Crippen LogP contribution in [0.1, 0.15) is 165 Å². The van der Waals surface area contributed by atoms with Crippen LogP contribution in [0.3, 0.4) is 0 Å². The summed E-state index contributed by atoms with van der Waals surface area (Å²) in [6, 6.07) is -3.94. The van der Waals surface area contributed by atoms with Gasteiger partial charge >= 0.3 is 29.8 Å². The SMILES string of the molecule is CCCCCCCCCCCC(=O)NC(Cc1c[nH]c2ccccc12)C(=O)NC(CC(N)=O)C(=O)NC(CC(=O)O)C(=O)NC1C(=O)NCC(=O)NC(CCCNCc2ccc3cc([N+](=O)[O-])ccc3n2)C(=O)NC(CC(=O)O)C(=O)NC(C)C(=O)NC(CC(=O)O)C(=O)NCC(=O)NC(CO)C(=O)NC(C(C)CC(=O)O)C(=O)NC(CC(=O)c2ccccc2N)C(=O)OC1C. The van der Waals surface area contributed by atoms with E-state index in [4.69, 9.17) is 16.2 Å². The number of carboxylic acid groups (broad SMARTS) is 4. The van der Waals surface area contributed by atoms with E-state index in [0.717, 1.165) is 65.7 Å². The van der Waals surface area contributed by atoms with Crippen LogP contribution in [0, 0.1) is 16.0 Å². The fourth-order valence-corrected chi connectivity index (χ4v) is 13.8. The number of nitrogen functional groups attached to an aromatic ring is 1. The van der Waals surface area contributed by atoms with Crippen molar-refractivity contribution in [1.82, 2.24) is 84.4 Å². The maximum atomic E-state index is 15.0. The number of ether oxygens (including phenoxy) is 1. The third-order valence-electron chi connectivity index (χ3n) is 20.8. The number of ketones is 1. The molecule has 6 rings (SSSR count). The topological polar surface area (TPSA) is 744 Å². The number of aliphatic hydroxyl groups excluding tert-OH is 1. The molecule has 24 N–H and O–H groups in total. The van der Waals surface area contributed by atoms with Gasteiger partial charge < -0.3 is 121 Å². The number of pyridine rings is 1. The number of nitrogens with one attached hydrogen (secondary N) is 15. The van der Waals surface area contributed by atoms with Crippen molar-refractivity contribution in [2.75, 3.05) is 32.0 Å². The van der Waals surface area contributed by atoms with Crippen LogP contribution in [0.5, 0.6) is 0 Å². The molecule has 2 aromatic heterocycles. The molecule has 13 unspecified atom stereocenters. The van der Waals surface area contributed by atoms with Crippen molar-refractivity contribution >= 4 is 152 Å². The second kappa shape index (κ2) is 52.6. The van der Waals surface area contributed by atoms with Gasteiger partial charge in [-0.25, -0.2) is 4.79 Å². The Hall–Kier alpha value is -14.7. The molecular formula is C84H111N19O28. The number of anilines is 1. The molecule has 1 saturated heterocycles. The summed E-state index contributed by atoms with van der Waals surface area (Å²) in [5, 5.41) is 94.5. The molecule has 3 aromatic carbocycles. The Kier molecular flexibility index (Phi) is 42.2. The normalized spacial score (nSPS) is 20.0. The van der Waals surface area contributed by atoms with Gasteiger partial charge in [0.1, 0.15) is 72.6 Å². The van der Waals surface area contributed by atoms with Crippen molar-refractivity contribution in [1.29, 1.82) is 0 Å². The number of aromatic amines is 1. The highest BCUT2D eigenvalue weighted by atomic mass is 16.6. The first-order valence-corrected chi connectivity index (χ1v) is 42.2. The number of H-pyrrole nitrogens is 1. The highest BCUT2D eigenvalue weighted by Crippen LogP contribution is 2.24. The number of nitrogens with zero attached hydrogens (tertiary/aromatic N) is 2. The van der Waals surface area contributed by atoms with Gasteiger partial charge in [-0.2, -0.15) is 0 Å². The average Bonchev–Trinajstić information content (AvgIpc) is 1.81. The van der Waals surface area contributed by atoms with E-state index >= 15 is 9.59 Å². The van der Waals surface area contributed by atoms with Crippen LogP contribution in [0.15, 0.2) is 85.1 Å². The predicted molar refractivity (Wildman–Crippen MR) is 461 cm³/mol. The van der Waals surface area contributed by atoms with Crippen LogP contribution in [-0.4, -0.2) is 258 Å². The number of aliphatic carboxylic acids is 4. The van der Waals surface area contributed by atoms with Gasteiger partial charge in [0.15, 0.2) is 5.78 Å². The largest absolute Gasteiger partial charge is 0.481 e. The van der Waals surface area contributed by atoms with Gasteiger partial charge in [0.25, 0.3) is 5.69 Å². The lowest BCUT2D eigenvalue weighted by atomic mass is 9.96. The van der Waals surface area contributed by atoms with E-state index in [-0.39, 0.29) is 49.3 Å². The summed E-state index contributed by atoms with van der Waals surface area (Å²) in [4.78, 5) is 296. The number of esters is 1. The number of rotatable bonds is 41. The molecular weight excluding hydrogens is 1720 g/mol. The van der Waals surface area contributed by atoms with Crippen LogP contribution in [-0.2, 0) is 109 Å². The Labute approximate surface area is 748 Å². The number of amides is 14. The molecule has 3 heterocycles. The highest BCUT2D eigenvalue weighted by Gasteiger charge is 2.41. The van der Waals surface area contributed by atoms with E-state index in [1.165, 1.54) is 42.5 Å². The molecule has 710 valence electrons. The number of carboxylic acids is 4. The number of hydrogen-bond acceptors (Lipinski definition) is 27. The van der Waals surface area contributed by atoms with Gasteiger partial charge in [-0.3, -0.25) is 106 Å². The van der Waals surface area contributed by atoms with Crippen molar-refractivity contribution in [2.45, 2.75) is 229 Å². The minimum atomic E-state index is -2.50. The lowest BCUT2D eigenvalue weighted by molar-refractivity contribution is -0.384. The number of non-ortho nitro benzene ring substituents is 1. The van der Waals surface area contributed by atoms with E-state index in [1.54, 1.807) is 42.6 Å². The van der Waals surface area contributed by atoms with E-state index in [1.807, 2.05) is 16.0 Å². The molecule has 0 bridgehead atoms. The molecule has 1 fully saturated rings. The van der Waals surface area contributed by atoms with E-state index in [0.29, 0.717) is 45.9 Å². The molecule has 0 spiro atoms. The van der Waals surface area contributed by atoms with Crippen LogP contribution in [0.25, 0.3) is 21.8 Å². The number of aliphatic hydroxyl groups is 1. The molecule has 1 aliphatic heterocycles. The molecule has 0 saturated carbocycles. The standard InChI is InChI=1S/C84H111N19O28/c1-5-6-7-8-9-10-11-12-13-24-65(107)94-56(32-47-38-88-54-22-17-15-19-50(47)54)78(122)97-57(34-64(86)106)79(123)99-60(37-71(116)117)80(124)102-73-45(4)131-84(128)61(33-63(105)51-20-14-16-21-52(51)85)100-83(127)72(43(2)30-68(110)111)101-81(125)62(42-104)95-67(109)40-89-75(119)58(35-69(112)113)96-74(118)44(3)91-77(121)59(36-70(114)115)98-76(120)55(93-66(108)41-90-82(73)126)23-18-29-87-39-48-26-25-46-31-49(103(129)130)27-28-53(46)92-48/h14-17,19-22,25-28,31,38,43-45,55-62,72-73,87-88,104H,5-13,18,23-24,29-30,32-37,39-42,85H2,1-4H3,(H2,86,106)(H,89,119)(H,90,126)(H,91,121)(H,93,108)(H,94,107)(H,95,109)(H,96,118)(H,97,122)(H,98,120)(H,99,123)(H,100,127)(H,101,125)(H,102,124)(H,110,111)(H,112,113)(H,114,115)(H,116,117). The Morgan fingerprint density at radius 2 is 1.15 bits per heavy atom. The maximum absolute atomic E-state index is 15.0. The minimum Gasteiger partial charge on any atom is -0.481 e. The summed E-state index contributed by atoms with van der Waals surface area (Å²) in [5.41, 5.74) is 13.0. The second-order valence-electron chi connectivity index (χ2n) is 31.3. The average molecular weight is 1830 g/mol. The number of nitrogens with two attached hydrogens (primary N) is 2. The van der Waals surface area contributed by atoms with Crippen molar-refractivity contribution < 1.29 is 131 Å². The fourth-order valence-electron chi connectivity index (χ4n) is 13.8. The van der Waals surface area contributed by atoms with Gasteiger partial charge in [0.05, 0.1) is 67.9 Å².